The first-order valence-electron chi connectivity index (χ1n) is 4.49. The molecule has 0 aliphatic carbocycles. The number of unbranched alkanes of at least 4 members (excludes halogenated alkanes) is 1. The molecule has 2 heteroatoms. The maximum Gasteiger partial charge on any atom is 0.0186 e. The molecule has 0 radical (unpaired) electrons. The minimum Gasteiger partial charge on any atom is -0.315 e. The van der Waals surface area contributed by atoms with Crippen molar-refractivity contribution < 1.29 is 0 Å². The van der Waals surface area contributed by atoms with Crippen LogP contribution in [-0.4, -0.2) is 38.1 Å². The van der Waals surface area contributed by atoms with Crippen LogP contribution in [0, 0.1) is 12.3 Å². The molecule has 1 N–H and O–H groups in total. The Morgan fingerprint density at radius 2 is 2.17 bits per heavy atom. The van der Waals surface area contributed by atoms with Gasteiger partial charge in [0, 0.05) is 19.0 Å². The van der Waals surface area contributed by atoms with E-state index in [4.69, 9.17) is 6.42 Å². The van der Waals surface area contributed by atoms with Crippen LogP contribution < -0.4 is 5.32 Å². The zero-order valence-corrected chi connectivity index (χ0v) is 8.43. The Balaban J connectivity index is 3.15. The molecule has 1 unspecified atom stereocenters. The van der Waals surface area contributed by atoms with E-state index in [1.807, 2.05) is 0 Å². The maximum absolute atomic E-state index is 5.13. The van der Waals surface area contributed by atoms with Gasteiger partial charge in [0.05, 0.1) is 0 Å². The van der Waals surface area contributed by atoms with Gasteiger partial charge in [0.25, 0.3) is 0 Å². The predicted octanol–water partition coefficient (Wildman–Crippen LogP) is 0.940. The van der Waals surface area contributed by atoms with E-state index in [2.05, 4.69) is 37.2 Å². The Labute approximate surface area is 76.3 Å². The topological polar surface area (TPSA) is 15.3 Å². The largest absolute Gasteiger partial charge is 0.315 e. The summed E-state index contributed by atoms with van der Waals surface area (Å²) in [6, 6.07) is 0.593. The summed E-state index contributed by atoms with van der Waals surface area (Å²) in [6.07, 6.45) is 7.09. The van der Waals surface area contributed by atoms with E-state index in [1.165, 1.54) is 0 Å². The number of nitrogens with one attached hydrogen (secondary N) is 1. The van der Waals surface area contributed by atoms with Gasteiger partial charge in [-0.25, -0.2) is 0 Å². The first kappa shape index (κ1) is 11.5. The summed E-state index contributed by atoms with van der Waals surface area (Å²) in [7, 11) is 4.18. The van der Waals surface area contributed by atoms with Gasteiger partial charge in [-0.15, -0.1) is 12.3 Å². The van der Waals surface area contributed by atoms with Gasteiger partial charge >= 0.3 is 0 Å². The van der Waals surface area contributed by atoms with Crippen LogP contribution >= 0.6 is 0 Å². The molecular formula is C10H20N2. The summed E-state index contributed by atoms with van der Waals surface area (Å²) in [6.45, 7) is 4.27. The molecule has 0 spiro atoms. The van der Waals surface area contributed by atoms with Gasteiger partial charge in [0.2, 0.25) is 0 Å². The number of terminal acetylenes is 1. The highest BCUT2D eigenvalue weighted by molar-refractivity contribution is 4.83. The number of nitrogens with zero attached hydrogens (tertiary/aromatic N) is 1. The van der Waals surface area contributed by atoms with Crippen molar-refractivity contribution in [3.8, 4) is 12.3 Å². The monoisotopic (exact) mass is 168 g/mol. The van der Waals surface area contributed by atoms with E-state index in [0.29, 0.717) is 6.04 Å². The van der Waals surface area contributed by atoms with Crippen LogP contribution in [0.3, 0.4) is 0 Å². The molecular weight excluding hydrogens is 148 g/mol. The fourth-order valence-corrected chi connectivity index (χ4v) is 0.809. The third-order valence-corrected chi connectivity index (χ3v) is 2.00. The SMILES string of the molecule is C#CCCCNCC(C)N(C)C. The minimum atomic E-state index is 0.593. The lowest BCUT2D eigenvalue weighted by atomic mass is 10.3. The van der Waals surface area contributed by atoms with Crippen LogP contribution in [0.2, 0.25) is 0 Å². The summed E-state index contributed by atoms with van der Waals surface area (Å²) >= 11 is 0. The minimum absolute atomic E-state index is 0.593. The first-order valence-corrected chi connectivity index (χ1v) is 4.49. The summed E-state index contributed by atoms with van der Waals surface area (Å²) in [4.78, 5) is 2.20. The van der Waals surface area contributed by atoms with Crippen LogP contribution in [0.15, 0.2) is 0 Å². The summed E-state index contributed by atoms with van der Waals surface area (Å²) in [5.74, 6) is 2.63. The summed E-state index contributed by atoms with van der Waals surface area (Å²) in [5, 5.41) is 3.36. The molecule has 12 heavy (non-hydrogen) atoms. The molecule has 0 saturated carbocycles. The van der Waals surface area contributed by atoms with Crippen molar-refractivity contribution in [3.05, 3.63) is 0 Å². The lowest BCUT2D eigenvalue weighted by Crippen LogP contribution is -2.35. The Morgan fingerprint density at radius 1 is 1.50 bits per heavy atom. The van der Waals surface area contributed by atoms with Crippen LogP contribution in [0.1, 0.15) is 19.8 Å². The third-order valence-electron chi connectivity index (χ3n) is 2.00. The van der Waals surface area contributed by atoms with Gasteiger partial charge in [-0.3, -0.25) is 0 Å². The second-order valence-electron chi connectivity index (χ2n) is 3.32. The third kappa shape index (κ3) is 6.21. The summed E-state index contributed by atoms with van der Waals surface area (Å²) < 4.78 is 0. The molecule has 0 rings (SSSR count). The normalized spacial score (nSPS) is 12.9. The molecule has 0 aromatic heterocycles. The number of hydrogen-bond acceptors (Lipinski definition) is 2. The van der Waals surface area contributed by atoms with Crippen molar-refractivity contribution in [2.24, 2.45) is 0 Å². The summed E-state index contributed by atoms with van der Waals surface area (Å²) in [5.41, 5.74) is 0. The standard InChI is InChI=1S/C10H20N2/c1-5-6-7-8-11-9-10(2)12(3)4/h1,10-11H,6-9H2,2-4H3. The van der Waals surface area contributed by atoms with Gasteiger partial charge in [-0.05, 0) is 34.0 Å². The quantitative estimate of drug-likeness (QED) is 0.469. The second kappa shape index (κ2) is 7.15. The van der Waals surface area contributed by atoms with Crippen LogP contribution in [-0.2, 0) is 0 Å². The molecule has 0 aromatic carbocycles. The van der Waals surface area contributed by atoms with Crippen molar-refractivity contribution >= 4 is 0 Å². The fraction of sp³-hybridized carbons (Fsp3) is 0.800. The molecule has 0 fully saturated rings. The molecule has 70 valence electrons. The molecule has 0 heterocycles. The van der Waals surface area contributed by atoms with E-state index in [0.717, 1.165) is 25.9 Å². The van der Waals surface area contributed by atoms with Crippen molar-refractivity contribution in [2.45, 2.75) is 25.8 Å². The predicted molar refractivity (Wildman–Crippen MR) is 54.1 cm³/mol. The van der Waals surface area contributed by atoms with E-state index in [9.17, 15) is 0 Å². The molecule has 2 nitrogen and oxygen atoms in total. The number of rotatable bonds is 6. The number of likely N-dealkylation sites (N-methyl/N-ethyl adjacent to an activating group) is 1. The molecule has 0 aromatic rings. The fourth-order valence-electron chi connectivity index (χ4n) is 0.809. The lowest BCUT2D eigenvalue weighted by molar-refractivity contribution is 0.303. The van der Waals surface area contributed by atoms with Gasteiger partial charge in [0.15, 0.2) is 0 Å². The van der Waals surface area contributed by atoms with Crippen LogP contribution in [0.4, 0.5) is 0 Å². The number of hydrogen-bond donors (Lipinski definition) is 1. The molecule has 0 bridgehead atoms. The highest BCUT2D eigenvalue weighted by Crippen LogP contribution is 1.89. The van der Waals surface area contributed by atoms with Crippen molar-refractivity contribution in [1.82, 2.24) is 10.2 Å². The molecule has 0 amide bonds. The van der Waals surface area contributed by atoms with Crippen LogP contribution in [0.25, 0.3) is 0 Å². The van der Waals surface area contributed by atoms with E-state index in [1.54, 1.807) is 0 Å². The molecule has 0 saturated heterocycles. The van der Waals surface area contributed by atoms with Gasteiger partial charge < -0.3 is 10.2 Å². The second-order valence-corrected chi connectivity index (χ2v) is 3.32. The Kier molecular flexibility index (Phi) is 6.84. The van der Waals surface area contributed by atoms with Crippen LogP contribution in [0.5, 0.6) is 0 Å². The molecule has 0 aliphatic heterocycles. The van der Waals surface area contributed by atoms with Crippen molar-refractivity contribution in [1.29, 1.82) is 0 Å². The lowest BCUT2D eigenvalue weighted by Gasteiger charge is -2.19. The first-order chi connectivity index (χ1) is 5.68. The van der Waals surface area contributed by atoms with Crippen molar-refractivity contribution in [3.63, 3.8) is 0 Å². The highest BCUT2D eigenvalue weighted by atomic mass is 15.1. The highest BCUT2D eigenvalue weighted by Gasteiger charge is 2.01. The zero-order chi connectivity index (χ0) is 9.40. The Bertz CT molecular complexity index is 135. The van der Waals surface area contributed by atoms with E-state index in [-0.39, 0.29) is 0 Å². The van der Waals surface area contributed by atoms with Crippen molar-refractivity contribution in [2.75, 3.05) is 27.2 Å². The average Bonchev–Trinajstić information content (AvgIpc) is 2.03. The van der Waals surface area contributed by atoms with Gasteiger partial charge in [0.1, 0.15) is 0 Å². The van der Waals surface area contributed by atoms with Gasteiger partial charge in [-0.1, -0.05) is 0 Å². The van der Waals surface area contributed by atoms with E-state index < -0.39 is 0 Å². The Hall–Kier alpha value is -0.520. The Morgan fingerprint density at radius 3 is 2.67 bits per heavy atom. The zero-order valence-electron chi connectivity index (χ0n) is 8.43. The average molecular weight is 168 g/mol. The maximum atomic E-state index is 5.13. The smallest absolute Gasteiger partial charge is 0.0186 e. The van der Waals surface area contributed by atoms with Gasteiger partial charge in [-0.2, -0.15) is 0 Å². The molecule has 0 aliphatic rings. The molecule has 1 atom stereocenters. The van der Waals surface area contributed by atoms with E-state index >= 15 is 0 Å².